The molecule has 1 N–H and O–H groups in total. The van der Waals surface area contributed by atoms with Crippen LogP contribution >= 0.6 is 15.9 Å². The Morgan fingerprint density at radius 1 is 1.59 bits per heavy atom. The van der Waals surface area contributed by atoms with E-state index in [1.807, 2.05) is 0 Å². The summed E-state index contributed by atoms with van der Waals surface area (Å²) in [6.07, 6.45) is 5.19. The van der Waals surface area contributed by atoms with Gasteiger partial charge < -0.3 is 14.4 Å². The van der Waals surface area contributed by atoms with E-state index < -0.39 is 0 Å². The van der Waals surface area contributed by atoms with Crippen molar-refractivity contribution in [2.45, 2.75) is 18.9 Å². The Morgan fingerprint density at radius 3 is 2.88 bits per heavy atom. The molecule has 4 nitrogen and oxygen atoms in total. The Morgan fingerprint density at radius 2 is 2.35 bits per heavy atom. The Balaban J connectivity index is 1.96. The van der Waals surface area contributed by atoms with Gasteiger partial charge in [0.05, 0.1) is 6.61 Å². The summed E-state index contributed by atoms with van der Waals surface area (Å²) in [4.78, 5) is 13.6. The van der Waals surface area contributed by atoms with Crippen molar-refractivity contribution in [1.82, 2.24) is 4.90 Å². The first-order valence-corrected chi connectivity index (χ1v) is 6.35. The average molecular weight is 300 g/mol. The van der Waals surface area contributed by atoms with Crippen LogP contribution in [0.25, 0.3) is 6.08 Å². The standard InChI is InChI=1S/C12H14BrNO3/c13-11-5-3-10(17-11)4-6-12(16)14(7-8-15)9-1-2-9/h3-6,9,15H,1-2,7-8H2/b6-4+. The molecule has 1 fully saturated rings. The summed E-state index contributed by atoms with van der Waals surface area (Å²) in [6.45, 7) is 0.401. The van der Waals surface area contributed by atoms with E-state index in [2.05, 4.69) is 15.9 Å². The van der Waals surface area contributed by atoms with E-state index in [-0.39, 0.29) is 12.5 Å². The number of rotatable bonds is 5. The third-order valence-electron chi connectivity index (χ3n) is 2.60. The minimum Gasteiger partial charge on any atom is -0.450 e. The fourth-order valence-corrected chi connectivity index (χ4v) is 1.95. The van der Waals surface area contributed by atoms with Gasteiger partial charge in [0.1, 0.15) is 5.76 Å². The van der Waals surface area contributed by atoms with Crippen molar-refractivity contribution in [2.24, 2.45) is 0 Å². The molecule has 0 aromatic carbocycles. The van der Waals surface area contributed by atoms with Gasteiger partial charge in [0.25, 0.3) is 0 Å². The molecular weight excluding hydrogens is 286 g/mol. The van der Waals surface area contributed by atoms with Crippen LogP contribution in [0.3, 0.4) is 0 Å². The monoisotopic (exact) mass is 299 g/mol. The van der Waals surface area contributed by atoms with E-state index in [1.165, 1.54) is 6.08 Å². The zero-order valence-electron chi connectivity index (χ0n) is 9.30. The van der Waals surface area contributed by atoms with Gasteiger partial charge in [-0.1, -0.05) is 0 Å². The molecule has 2 rings (SSSR count). The van der Waals surface area contributed by atoms with E-state index in [1.54, 1.807) is 23.1 Å². The minimum atomic E-state index is -0.0749. The first kappa shape index (κ1) is 12.4. The maximum Gasteiger partial charge on any atom is 0.247 e. The summed E-state index contributed by atoms with van der Waals surface area (Å²) in [5, 5.41) is 8.91. The highest BCUT2D eigenvalue weighted by Crippen LogP contribution is 2.26. The van der Waals surface area contributed by atoms with Crippen molar-refractivity contribution in [3.05, 3.63) is 28.6 Å². The van der Waals surface area contributed by atoms with Crippen LogP contribution < -0.4 is 0 Å². The molecule has 0 unspecified atom stereocenters. The predicted molar refractivity (Wildman–Crippen MR) is 67.3 cm³/mol. The fraction of sp³-hybridized carbons (Fsp3) is 0.417. The molecule has 1 heterocycles. The van der Waals surface area contributed by atoms with Gasteiger partial charge in [-0.15, -0.1) is 0 Å². The number of nitrogens with zero attached hydrogens (tertiary/aromatic N) is 1. The third-order valence-corrected chi connectivity index (χ3v) is 3.02. The maximum absolute atomic E-state index is 11.9. The molecule has 1 aromatic rings. The van der Waals surface area contributed by atoms with Crippen LogP contribution in [0.4, 0.5) is 0 Å². The molecule has 1 saturated carbocycles. The van der Waals surface area contributed by atoms with Crippen LogP contribution in [0.15, 0.2) is 27.3 Å². The molecule has 1 aliphatic carbocycles. The van der Waals surface area contributed by atoms with Gasteiger partial charge in [-0.3, -0.25) is 4.79 Å². The predicted octanol–water partition coefficient (Wildman–Crippen LogP) is 2.04. The van der Waals surface area contributed by atoms with Gasteiger partial charge >= 0.3 is 0 Å². The average Bonchev–Trinajstić information content (AvgIpc) is 3.06. The molecule has 92 valence electrons. The second-order valence-corrected chi connectivity index (χ2v) is 4.74. The van der Waals surface area contributed by atoms with E-state index in [9.17, 15) is 4.79 Å². The lowest BCUT2D eigenvalue weighted by Crippen LogP contribution is -2.34. The smallest absolute Gasteiger partial charge is 0.247 e. The molecule has 17 heavy (non-hydrogen) atoms. The largest absolute Gasteiger partial charge is 0.450 e. The molecule has 0 bridgehead atoms. The first-order chi connectivity index (χ1) is 8.20. The summed E-state index contributed by atoms with van der Waals surface area (Å²) >= 11 is 3.20. The number of hydrogen-bond donors (Lipinski definition) is 1. The van der Waals surface area contributed by atoms with Crippen LogP contribution in [0, 0.1) is 0 Å². The lowest BCUT2D eigenvalue weighted by Gasteiger charge is -2.19. The molecule has 0 saturated heterocycles. The number of aliphatic hydroxyl groups excluding tert-OH is 1. The number of furan rings is 1. The molecule has 1 aromatic heterocycles. The van der Waals surface area contributed by atoms with Gasteiger partial charge in [0.2, 0.25) is 5.91 Å². The van der Waals surface area contributed by atoms with E-state index >= 15 is 0 Å². The Kier molecular flexibility index (Phi) is 4.02. The number of halogens is 1. The highest BCUT2D eigenvalue weighted by Gasteiger charge is 2.30. The van der Waals surface area contributed by atoms with Crippen molar-refractivity contribution in [3.8, 4) is 0 Å². The normalized spacial score (nSPS) is 15.4. The number of hydrogen-bond acceptors (Lipinski definition) is 3. The van der Waals surface area contributed by atoms with Crippen molar-refractivity contribution in [3.63, 3.8) is 0 Å². The highest BCUT2D eigenvalue weighted by molar-refractivity contribution is 9.10. The Hall–Kier alpha value is -1.07. The fourth-order valence-electron chi connectivity index (χ4n) is 1.63. The number of amides is 1. The van der Waals surface area contributed by atoms with Gasteiger partial charge in [-0.05, 0) is 47.0 Å². The van der Waals surface area contributed by atoms with Crippen LogP contribution in [0.1, 0.15) is 18.6 Å². The van der Waals surface area contributed by atoms with Crippen LogP contribution in [0.2, 0.25) is 0 Å². The second-order valence-electron chi connectivity index (χ2n) is 3.96. The molecule has 0 radical (unpaired) electrons. The van der Waals surface area contributed by atoms with Crippen molar-refractivity contribution < 1.29 is 14.3 Å². The third kappa shape index (κ3) is 3.44. The maximum atomic E-state index is 11.9. The summed E-state index contributed by atoms with van der Waals surface area (Å²) in [7, 11) is 0. The molecule has 0 atom stereocenters. The molecule has 1 amide bonds. The Labute approximate surface area is 108 Å². The van der Waals surface area contributed by atoms with Crippen molar-refractivity contribution >= 4 is 27.9 Å². The lowest BCUT2D eigenvalue weighted by atomic mass is 10.3. The first-order valence-electron chi connectivity index (χ1n) is 5.55. The minimum absolute atomic E-state index is 0.00236. The summed E-state index contributed by atoms with van der Waals surface area (Å²) in [6, 6.07) is 3.86. The Bertz CT molecular complexity index is 423. The quantitative estimate of drug-likeness (QED) is 0.847. The van der Waals surface area contributed by atoms with Gasteiger partial charge in [-0.2, -0.15) is 0 Å². The summed E-state index contributed by atoms with van der Waals surface area (Å²) < 4.78 is 5.90. The molecule has 0 aliphatic heterocycles. The zero-order chi connectivity index (χ0) is 12.3. The highest BCUT2D eigenvalue weighted by atomic mass is 79.9. The SMILES string of the molecule is O=C(/C=C/c1ccc(Br)o1)N(CCO)C1CC1. The number of carbonyl (C=O) groups excluding carboxylic acids is 1. The summed E-state index contributed by atoms with van der Waals surface area (Å²) in [5.74, 6) is 0.555. The van der Waals surface area contributed by atoms with Crippen LogP contribution in [-0.4, -0.2) is 35.1 Å². The molecular formula is C12H14BrNO3. The van der Waals surface area contributed by atoms with Gasteiger partial charge in [0.15, 0.2) is 4.67 Å². The molecule has 5 heteroatoms. The number of carbonyl (C=O) groups is 1. The van der Waals surface area contributed by atoms with E-state index in [4.69, 9.17) is 9.52 Å². The summed E-state index contributed by atoms with van der Waals surface area (Å²) in [5.41, 5.74) is 0. The molecule has 0 spiro atoms. The second kappa shape index (κ2) is 5.51. The lowest BCUT2D eigenvalue weighted by molar-refractivity contribution is -0.127. The van der Waals surface area contributed by atoms with Crippen molar-refractivity contribution in [1.29, 1.82) is 0 Å². The van der Waals surface area contributed by atoms with Crippen LogP contribution in [-0.2, 0) is 4.79 Å². The van der Waals surface area contributed by atoms with E-state index in [0.717, 1.165) is 12.8 Å². The van der Waals surface area contributed by atoms with Crippen molar-refractivity contribution in [2.75, 3.05) is 13.2 Å². The number of aliphatic hydroxyl groups is 1. The van der Waals surface area contributed by atoms with Crippen LogP contribution in [0.5, 0.6) is 0 Å². The van der Waals surface area contributed by atoms with Gasteiger partial charge in [0, 0.05) is 18.7 Å². The van der Waals surface area contributed by atoms with Gasteiger partial charge in [-0.25, -0.2) is 0 Å². The molecule has 1 aliphatic rings. The zero-order valence-corrected chi connectivity index (χ0v) is 10.9. The topological polar surface area (TPSA) is 53.7 Å². The van der Waals surface area contributed by atoms with E-state index in [0.29, 0.717) is 23.0 Å².